The lowest BCUT2D eigenvalue weighted by Gasteiger charge is -2.12. The van der Waals surface area contributed by atoms with E-state index < -0.39 is 0 Å². The van der Waals surface area contributed by atoms with Crippen LogP contribution in [0.5, 0.6) is 0 Å². The smallest absolute Gasteiger partial charge is 0.0541 e. The van der Waals surface area contributed by atoms with Gasteiger partial charge >= 0.3 is 0 Å². The molecule has 0 radical (unpaired) electrons. The van der Waals surface area contributed by atoms with Crippen molar-refractivity contribution in [1.82, 2.24) is 9.13 Å². The Kier molecular flexibility index (Phi) is 5.70. The Morgan fingerprint density at radius 2 is 0.740 bits per heavy atom. The minimum Gasteiger partial charge on any atom is -0.309 e. The second-order valence-electron chi connectivity index (χ2n) is 13.4. The highest BCUT2D eigenvalue weighted by Crippen LogP contribution is 2.39. The van der Waals surface area contributed by atoms with Crippen LogP contribution in [0, 0.1) is 0 Å². The van der Waals surface area contributed by atoms with Crippen LogP contribution in [0.25, 0.3) is 98.4 Å². The Bertz CT molecular complexity index is 3150. The first-order valence-electron chi connectivity index (χ1n) is 17.3. The largest absolute Gasteiger partial charge is 0.309 e. The molecule has 0 aliphatic rings. The third-order valence-corrected chi connectivity index (χ3v) is 10.7. The first kappa shape index (κ1) is 27.3. The van der Waals surface area contributed by atoms with Crippen molar-refractivity contribution in [1.29, 1.82) is 0 Å². The molecule has 2 nitrogen and oxygen atoms in total. The third-order valence-electron chi connectivity index (χ3n) is 10.7. The van der Waals surface area contributed by atoms with Crippen LogP contribution in [0.4, 0.5) is 0 Å². The molecule has 2 heteroatoms. The normalized spacial score (nSPS) is 12.0. The van der Waals surface area contributed by atoms with Crippen LogP contribution in [0.2, 0.25) is 0 Å². The van der Waals surface area contributed by atoms with Gasteiger partial charge in [0.25, 0.3) is 0 Å². The van der Waals surface area contributed by atoms with Crippen LogP contribution < -0.4 is 0 Å². The lowest BCUT2D eigenvalue weighted by molar-refractivity contribution is 1.19. The lowest BCUT2D eigenvalue weighted by atomic mass is 10.0. The van der Waals surface area contributed by atoms with Gasteiger partial charge in [-0.25, -0.2) is 0 Å². The van der Waals surface area contributed by atoms with Gasteiger partial charge in [0.15, 0.2) is 0 Å². The van der Waals surface area contributed by atoms with Crippen molar-refractivity contribution >= 4 is 75.9 Å². The summed E-state index contributed by atoms with van der Waals surface area (Å²) in [4.78, 5) is 0. The molecule has 0 spiro atoms. The summed E-state index contributed by atoms with van der Waals surface area (Å²) in [7, 11) is 0. The molecule has 9 aromatic carbocycles. The number of hydrogen-bond acceptors (Lipinski definition) is 0. The van der Waals surface area contributed by atoms with Crippen molar-refractivity contribution in [3.8, 4) is 22.5 Å². The molecule has 0 saturated heterocycles. The predicted molar refractivity (Wildman–Crippen MR) is 213 cm³/mol. The topological polar surface area (TPSA) is 9.86 Å². The molecule has 2 aromatic heterocycles. The highest BCUT2D eigenvalue weighted by Gasteiger charge is 2.17. The van der Waals surface area contributed by atoms with Crippen molar-refractivity contribution in [2.24, 2.45) is 0 Å². The van der Waals surface area contributed by atoms with Gasteiger partial charge in [0.05, 0.1) is 27.8 Å². The average molecular weight is 635 g/mol. The Labute approximate surface area is 288 Å². The number of para-hydroxylation sites is 2. The fraction of sp³-hybridized carbons (Fsp3) is 0. The molecule has 232 valence electrons. The van der Waals surface area contributed by atoms with Crippen molar-refractivity contribution in [2.75, 3.05) is 0 Å². The fourth-order valence-electron chi connectivity index (χ4n) is 8.38. The zero-order valence-corrected chi connectivity index (χ0v) is 27.2. The van der Waals surface area contributed by atoms with Gasteiger partial charge in [0, 0.05) is 32.6 Å². The third kappa shape index (κ3) is 3.90. The van der Waals surface area contributed by atoms with E-state index in [1.807, 2.05) is 0 Å². The van der Waals surface area contributed by atoms with Crippen LogP contribution >= 0.6 is 0 Å². The van der Waals surface area contributed by atoms with E-state index in [4.69, 9.17) is 0 Å². The number of aromatic nitrogens is 2. The maximum Gasteiger partial charge on any atom is 0.0541 e. The summed E-state index contributed by atoms with van der Waals surface area (Å²) >= 11 is 0. The van der Waals surface area contributed by atoms with Gasteiger partial charge in [-0.15, -0.1) is 0 Å². The van der Waals surface area contributed by atoms with E-state index in [2.05, 4.69) is 191 Å². The van der Waals surface area contributed by atoms with E-state index in [1.54, 1.807) is 0 Å². The Balaban J connectivity index is 1.11. The van der Waals surface area contributed by atoms with E-state index in [1.165, 1.54) is 98.4 Å². The summed E-state index contributed by atoms with van der Waals surface area (Å²) in [6.45, 7) is 0. The van der Waals surface area contributed by atoms with E-state index in [0.717, 1.165) is 0 Å². The molecule has 0 saturated carbocycles. The standard InChI is InChI=1S/C48H30N2/c1-3-13-37-32(11-1)20-21-33-22-25-36(30-41(33)37)49-45-17-7-5-15-39(45)42-28-34(23-26-47(42)49)35-24-27-48-43(29-35)40-16-6-8-18-46(40)50(48)44-19-9-12-31-10-2-4-14-38(31)44/h1-30H. The number of rotatable bonds is 3. The van der Waals surface area contributed by atoms with Crippen LogP contribution in [0.1, 0.15) is 0 Å². The number of benzene rings is 9. The highest BCUT2D eigenvalue weighted by atomic mass is 15.0. The Morgan fingerprint density at radius 1 is 0.260 bits per heavy atom. The lowest BCUT2D eigenvalue weighted by Crippen LogP contribution is -1.95. The maximum absolute atomic E-state index is 2.43. The molecule has 0 N–H and O–H groups in total. The van der Waals surface area contributed by atoms with Crippen LogP contribution in [-0.2, 0) is 0 Å². The van der Waals surface area contributed by atoms with Crippen LogP contribution in [-0.4, -0.2) is 9.13 Å². The Hall–Kier alpha value is -6.64. The van der Waals surface area contributed by atoms with Crippen molar-refractivity contribution < 1.29 is 0 Å². The van der Waals surface area contributed by atoms with Crippen LogP contribution in [0.15, 0.2) is 182 Å². The zero-order valence-electron chi connectivity index (χ0n) is 27.2. The first-order valence-corrected chi connectivity index (χ1v) is 17.3. The summed E-state index contributed by atoms with van der Waals surface area (Å²) in [5, 5.41) is 12.6. The summed E-state index contributed by atoms with van der Waals surface area (Å²) in [5.41, 5.74) is 9.68. The predicted octanol–water partition coefficient (Wildman–Crippen LogP) is 13.0. The minimum absolute atomic E-state index is 1.18. The quantitative estimate of drug-likeness (QED) is 0.171. The molecule has 2 heterocycles. The minimum atomic E-state index is 1.18. The zero-order chi connectivity index (χ0) is 32.8. The number of nitrogens with zero attached hydrogens (tertiary/aromatic N) is 2. The van der Waals surface area contributed by atoms with Gasteiger partial charge in [-0.05, 0) is 92.7 Å². The molecule has 0 aliphatic carbocycles. The van der Waals surface area contributed by atoms with Gasteiger partial charge in [-0.1, -0.05) is 127 Å². The van der Waals surface area contributed by atoms with Gasteiger partial charge in [-0.2, -0.15) is 0 Å². The fourth-order valence-corrected chi connectivity index (χ4v) is 8.38. The molecule has 0 fully saturated rings. The average Bonchev–Trinajstić information content (AvgIpc) is 3.69. The Morgan fingerprint density at radius 3 is 1.44 bits per heavy atom. The molecule has 0 amide bonds. The van der Waals surface area contributed by atoms with Crippen molar-refractivity contribution in [2.45, 2.75) is 0 Å². The van der Waals surface area contributed by atoms with E-state index >= 15 is 0 Å². The molecule has 11 aromatic rings. The molecule has 50 heavy (non-hydrogen) atoms. The molecular weight excluding hydrogens is 605 g/mol. The SMILES string of the molecule is c1ccc2c(-n3c4ccccc4c4cc(-c5ccc6c(c5)c5ccccc5n6-c5ccc6ccc7ccccc7c6c5)ccc43)cccc2c1. The second kappa shape index (κ2) is 10.4. The van der Waals surface area contributed by atoms with Gasteiger partial charge < -0.3 is 9.13 Å². The summed E-state index contributed by atoms with van der Waals surface area (Å²) < 4.78 is 4.86. The molecular formula is C48H30N2. The summed E-state index contributed by atoms with van der Waals surface area (Å²) in [6, 6.07) is 66.8. The van der Waals surface area contributed by atoms with E-state index in [-0.39, 0.29) is 0 Å². The second-order valence-corrected chi connectivity index (χ2v) is 13.4. The van der Waals surface area contributed by atoms with E-state index in [0.29, 0.717) is 0 Å². The van der Waals surface area contributed by atoms with Gasteiger partial charge in [-0.3, -0.25) is 0 Å². The number of fused-ring (bicyclic) bond motifs is 10. The maximum atomic E-state index is 2.43. The van der Waals surface area contributed by atoms with Gasteiger partial charge in [0.1, 0.15) is 0 Å². The number of hydrogen-bond donors (Lipinski definition) is 0. The summed E-state index contributed by atoms with van der Waals surface area (Å²) in [5.74, 6) is 0. The molecule has 0 bridgehead atoms. The van der Waals surface area contributed by atoms with Crippen LogP contribution in [0.3, 0.4) is 0 Å². The molecule has 11 rings (SSSR count). The summed E-state index contributed by atoms with van der Waals surface area (Å²) in [6.07, 6.45) is 0. The van der Waals surface area contributed by atoms with Gasteiger partial charge in [0.2, 0.25) is 0 Å². The first-order chi connectivity index (χ1) is 24.8. The van der Waals surface area contributed by atoms with Crippen molar-refractivity contribution in [3.05, 3.63) is 182 Å². The highest BCUT2D eigenvalue weighted by molar-refractivity contribution is 6.14. The van der Waals surface area contributed by atoms with E-state index in [9.17, 15) is 0 Å². The molecule has 0 unspecified atom stereocenters. The van der Waals surface area contributed by atoms with Crippen molar-refractivity contribution in [3.63, 3.8) is 0 Å². The molecule has 0 aliphatic heterocycles. The monoisotopic (exact) mass is 634 g/mol. The molecule has 0 atom stereocenters.